The van der Waals surface area contributed by atoms with E-state index in [1.807, 2.05) is 23.2 Å². The Morgan fingerprint density at radius 2 is 1.67 bits per heavy atom. The number of para-hydroxylation sites is 1. The fourth-order valence-corrected chi connectivity index (χ4v) is 3.62. The predicted molar refractivity (Wildman–Crippen MR) is 112 cm³/mol. The van der Waals surface area contributed by atoms with Crippen molar-refractivity contribution >= 4 is 17.3 Å². The van der Waals surface area contributed by atoms with Gasteiger partial charge >= 0.3 is 0 Å². The van der Waals surface area contributed by atoms with Gasteiger partial charge in [-0.25, -0.2) is 0 Å². The number of anilines is 2. The average Bonchev–Trinajstić information content (AvgIpc) is 2.74. The number of carbonyl (C=O) groups excluding carboxylic acids is 1. The maximum absolute atomic E-state index is 13.0. The topological polar surface area (TPSA) is 39.7 Å². The van der Waals surface area contributed by atoms with Crippen LogP contribution in [0.2, 0.25) is 0 Å². The molecule has 1 aromatic heterocycles. The summed E-state index contributed by atoms with van der Waals surface area (Å²) in [5.74, 6) is 0.0880. The first kappa shape index (κ1) is 19.2. The number of carbonyl (C=O) groups is 1. The third-order valence-electron chi connectivity index (χ3n) is 5.01. The second-order valence-corrected chi connectivity index (χ2v) is 7.03. The Kier molecular flexibility index (Phi) is 6.69. The van der Waals surface area contributed by atoms with Gasteiger partial charge in [0.15, 0.2) is 0 Å². The number of piperazine rings is 1. The first-order valence-electron chi connectivity index (χ1n) is 10.0. The number of pyridine rings is 1. The minimum absolute atomic E-state index is 0.0880. The molecule has 1 aliphatic rings. The normalized spacial score (nSPS) is 14.3. The van der Waals surface area contributed by atoms with Gasteiger partial charge in [0, 0.05) is 51.2 Å². The van der Waals surface area contributed by atoms with Crippen LogP contribution in [0.3, 0.4) is 0 Å². The molecule has 0 N–H and O–H groups in total. The molecule has 0 bridgehead atoms. The highest BCUT2D eigenvalue weighted by Gasteiger charge is 2.23. The second-order valence-electron chi connectivity index (χ2n) is 7.03. The van der Waals surface area contributed by atoms with Gasteiger partial charge in [0.1, 0.15) is 0 Å². The van der Waals surface area contributed by atoms with E-state index in [1.165, 1.54) is 5.69 Å². The van der Waals surface area contributed by atoms with Crippen molar-refractivity contribution < 1.29 is 4.79 Å². The zero-order valence-corrected chi connectivity index (χ0v) is 16.5. The van der Waals surface area contributed by atoms with Gasteiger partial charge in [-0.1, -0.05) is 32.0 Å². The van der Waals surface area contributed by atoms with E-state index in [1.54, 1.807) is 6.20 Å². The molecule has 1 aliphatic heterocycles. The van der Waals surface area contributed by atoms with Crippen molar-refractivity contribution in [2.24, 2.45) is 0 Å². The molecular weight excluding hydrogens is 336 g/mol. The minimum atomic E-state index is 0.0880. The third kappa shape index (κ3) is 4.79. The molecule has 144 valence electrons. The molecule has 1 amide bonds. The van der Waals surface area contributed by atoms with Crippen LogP contribution in [0.1, 0.15) is 37.0 Å². The Morgan fingerprint density at radius 1 is 1.00 bits per heavy atom. The third-order valence-corrected chi connectivity index (χ3v) is 5.01. The van der Waals surface area contributed by atoms with Crippen molar-refractivity contribution in [2.75, 3.05) is 49.1 Å². The highest BCUT2D eigenvalue weighted by molar-refractivity contribution is 5.95. The number of nitrogens with zero attached hydrogens (tertiary/aromatic N) is 4. The Bertz CT molecular complexity index is 720. The van der Waals surface area contributed by atoms with Gasteiger partial charge in [0.25, 0.3) is 5.91 Å². The quantitative estimate of drug-likeness (QED) is 0.750. The standard InChI is InChI=1S/C22H30N4O/c1-3-10-24(11-4-2)21-16-19(17-23-18-21)22(27)26-14-12-25(13-15-26)20-8-6-5-7-9-20/h5-9,16-18H,3-4,10-15H2,1-2H3. The Hall–Kier alpha value is -2.56. The van der Waals surface area contributed by atoms with E-state index < -0.39 is 0 Å². The lowest BCUT2D eigenvalue weighted by Crippen LogP contribution is -2.48. The largest absolute Gasteiger partial charge is 0.370 e. The van der Waals surface area contributed by atoms with Gasteiger partial charge in [-0.15, -0.1) is 0 Å². The zero-order chi connectivity index (χ0) is 19.1. The Labute approximate surface area is 162 Å². The lowest BCUT2D eigenvalue weighted by atomic mass is 10.2. The molecule has 5 heteroatoms. The van der Waals surface area contributed by atoms with Gasteiger partial charge in [0.05, 0.1) is 17.4 Å². The molecule has 1 aromatic carbocycles. The van der Waals surface area contributed by atoms with Crippen molar-refractivity contribution in [3.05, 3.63) is 54.4 Å². The molecule has 0 saturated carbocycles. The maximum atomic E-state index is 13.0. The average molecular weight is 367 g/mol. The van der Waals surface area contributed by atoms with Crippen molar-refractivity contribution in [1.29, 1.82) is 0 Å². The molecule has 0 atom stereocenters. The lowest BCUT2D eigenvalue weighted by Gasteiger charge is -2.36. The van der Waals surface area contributed by atoms with Crippen LogP contribution in [0, 0.1) is 0 Å². The van der Waals surface area contributed by atoms with Crippen molar-refractivity contribution in [3.8, 4) is 0 Å². The smallest absolute Gasteiger partial charge is 0.255 e. The van der Waals surface area contributed by atoms with Crippen LogP contribution in [-0.2, 0) is 0 Å². The molecule has 0 radical (unpaired) electrons. The molecule has 0 unspecified atom stereocenters. The summed E-state index contributed by atoms with van der Waals surface area (Å²) in [5, 5.41) is 0. The van der Waals surface area contributed by atoms with Crippen LogP contribution in [-0.4, -0.2) is 55.1 Å². The SMILES string of the molecule is CCCN(CCC)c1cncc(C(=O)N2CCN(c3ccccc3)CC2)c1. The Morgan fingerprint density at radius 3 is 2.30 bits per heavy atom. The zero-order valence-electron chi connectivity index (χ0n) is 16.5. The fourth-order valence-electron chi connectivity index (χ4n) is 3.62. The van der Waals surface area contributed by atoms with Gasteiger partial charge in [-0.3, -0.25) is 9.78 Å². The van der Waals surface area contributed by atoms with Crippen molar-refractivity contribution in [1.82, 2.24) is 9.88 Å². The number of hydrogen-bond donors (Lipinski definition) is 0. The van der Waals surface area contributed by atoms with E-state index in [2.05, 4.69) is 52.9 Å². The van der Waals surface area contributed by atoms with Crippen LogP contribution in [0.15, 0.2) is 48.8 Å². The minimum Gasteiger partial charge on any atom is -0.370 e. The number of hydrogen-bond acceptors (Lipinski definition) is 4. The summed E-state index contributed by atoms with van der Waals surface area (Å²) >= 11 is 0. The molecular formula is C22H30N4O. The second kappa shape index (κ2) is 9.40. The van der Waals surface area contributed by atoms with Gasteiger partial charge < -0.3 is 14.7 Å². The number of aromatic nitrogens is 1. The summed E-state index contributed by atoms with van der Waals surface area (Å²) < 4.78 is 0. The van der Waals surface area contributed by atoms with Gasteiger partial charge in [-0.2, -0.15) is 0 Å². The van der Waals surface area contributed by atoms with Gasteiger partial charge in [-0.05, 0) is 31.0 Å². The lowest BCUT2D eigenvalue weighted by molar-refractivity contribution is 0.0746. The van der Waals surface area contributed by atoms with E-state index in [0.29, 0.717) is 5.56 Å². The summed E-state index contributed by atoms with van der Waals surface area (Å²) in [6, 6.07) is 12.4. The highest BCUT2D eigenvalue weighted by Crippen LogP contribution is 2.19. The van der Waals surface area contributed by atoms with Crippen LogP contribution in [0.5, 0.6) is 0 Å². The molecule has 1 saturated heterocycles. The summed E-state index contributed by atoms with van der Waals surface area (Å²) in [6.07, 6.45) is 5.74. The van der Waals surface area contributed by atoms with Crippen LogP contribution in [0.4, 0.5) is 11.4 Å². The molecule has 2 heterocycles. The highest BCUT2D eigenvalue weighted by atomic mass is 16.2. The number of benzene rings is 1. The summed E-state index contributed by atoms with van der Waals surface area (Å²) in [4.78, 5) is 23.9. The number of rotatable bonds is 7. The van der Waals surface area contributed by atoms with Crippen LogP contribution in [0.25, 0.3) is 0 Å². The first-order chi connectivity index (χ1) is 13.2. The Balaban J connectivity index is 1.65. The molecule has 0 spiro atoms. The fraction of sp³-hybridized carbons (Fsp3) is 0.455. The van der Waals surface area contributed by atoms with Crippen LogP contribution < -0.4 is 9.80 Å². The molecule has 27 heavy (non-hydrogen) atoms. The predicted octanol–water partition coefficient (Wildman–Crippen LogP) is 3.67. The van der Waals surface area contributed by atoms with Gasteiger partial charge in [0.2, 0.25) is 0 Å². The molecule has 1 fully saturated rings. The first-order valence-corrected chi connectivity index (χ1v) is 10.0. The number of amides is 1. The summed E-state index contributed by atoms with van der Waals surface area (Å²) in [6.45, 7) is 9.54. The maximum Gasteiger partial charge on any atom is 0.255 e. The summed E-state index contributed by atoms with van der Waals surface area (Å²) in [7, 11) is 0. The van der Waals surface area contributed by atoms with E-state index in [-0.39, 0.29) is 5.91 Å². The molecule has 2 aromatic rings. The van der Waals surface area contributed by atoms with E-state index >= 15 is 0 Å². The summed E-state index contributed by atoms with van der Waals surface area (Å²) in [5.41, 5.74) is 2.97. The van der Waals surface area contributed by atoms with Crippen LogP contribution >= 0.6 is 0 Å². The monoisotopic (exact) mass is 366 g/mol. The van der Waals surface area contributed by atoms with E-state index in [0.717, 1.165) is 57.8 Å². The van der Waals surface area contributed by atoms with Crippen molar-refractivity contribution in [2.45, 2.75) is 26.7 Å². The van der Waals surface area contributed by atoms with E-state index in [9.17, 15) is 4.79 Å². The molecule has 5 nitrogen and oxygen atoms in total. The van der Waals surface area contributed by atoms with E-state index in [4.69, 9.17) is 0 Å². The molecule has 0 aliphatic carbocycles. The van der Waals surface area contributed by atoms with Crippen molar-refractivity contribution in [3.63, 3.8) is 0 Å². The molecule has 3 rings (SSSR count).